The second-order valence-electron chi connectivity index (χ2n) is 7.96. The number of nitrogens with one attached hydrogen (secondary N) is 1. The quantitative estimate of drug-likeness (QED) is 0.449. The topological polar surface area (TPSA) is 49.4 Å². The molecule has 0 spiro atoms. The Kier molecular flexibility index (Phi) is 10.4. The van der Waals surface area contributed by atoms with E-state index in [2.05, 4.69) is 44.3 Å². The van der Waals surface area contributed by atoms with E-state index in [0.29, 0.717) is 23.9 Å². The summed E-state index contributed by atoms with van der Waals surface area (Å²) in [7, 11) is 0. The summed E-state index contributed by atoms with van der Waals surface area (Å²) < 4.78 is 0. The van der Waals surface area contributed by atoms with E-state index in [9.17, 15) is 9.59 Å². The van der Waals surface area contributed by atoms with E-state index in [0.717, 1.165) is 24.2 Å². The summed E-state index contributed by atoms with van der Waals surface area (Å²) in [6.45, 7) is 9.01. The minimum Gasteiger partial charge on any atom is -0.354 e. The van der Waals surface area contributed by atoms with Crippen LogP contribution in [0.1, 0.15) is 48.9 Å². The summed E-state index contributed by atoms with van der Waals surface area (Å²) in [6.07, 6.45) is 1.93. The van der Waals surface area contributed by atoms with Gasteiger partial charge in [0.05, 0.1) is 5.75 Å². The summed E-state index contributed by atoms with van der Waals surface area (Å²) >= 11 is 7.70. The van der Waals surface area contributed by atoms with Gasteiger partial charge in [-0.05, 0) is 50.5 Å². The van der Waals surface area contributed by atoms with Crippen molar-refractivity contribution in [2.75, 3.05) is 12.3 Å². The lowest BCUT2D eigenvalue weighted by atomic mass is 10.1. The van der Waals surface area contributed by atoms with E-state index < -0.39 is 6.04 Å². The number of thioether (sulfide) groups is 1. The molecule has 0 aliphatic heterocycles. The molecule has 6 heteroatoms. The van der Waals surface area contributed by atoms with Crippen molar-refractivity contribution in [3.8, 4) is 0 Å². The molecule has 0 bridgehead atoms. The van der Waals surface area contributed by atoms with E-state index >= 15 is 0 Å². The molecule has 0 aromatic heterocycles. The third-order valence-electron chi connectivity index (χ3n) is 5.01. The third-order valence-corrected chi connectivity index (χ3v) is 6.24. The van der Waals surface area contributed by atoms with Crippen molar-refractivity contribution in [3.63, 3.8) is 0 Å². The molecule has 0 saturated carbocycles. The highest BCUT2D eigenvalue weighted by atomic mass is 35.5. The van der Waals surface area contributed by atoms with Gasteiger partial charge in [0.2, 0.25) is 11.8 Å². The summed E-state index contributed by atoms with van der Waals surface area (Å²) in [5, 5.41) is 3.56. The van der Waals surface area contributed by atoms with Crippen LogP contribution in [0.25, 0.3) is 0 Å². The Hall–Kier alpha value is -1.98. The fraction of sp³-hybridized carbons (Fsp3) is 0.440. The first-order chi connectivity index (χ1) is 14.8. The van der Waals surface area contributed by atoms with E-state index in [1.165, 1.54) is 16.7 Å². The number of hydrogen-bond acceptors (Lipinski definition) is 3. The molecule has 0 aliphatic rings. The van der Waals surface area contributed by atoms with E-state index in [1.54, 1.807) is 29.7 Å². The SMILES string of the molecule is CCCCNC(=O)[C@@H](C)N(Cc1cccc(Cl)c1)C(=O)CSCc1cc(C)cc(C)c1. The predicted octanol–water partition coefficient (Wildman–Crippen LogP) is 5.52. The third kappa shape index (κ3) is 8.58. The molecular weight excluding hydrogens is 428 g/mol. The zero-order chi connectivity index (χ0) is 22.8. The zero-order valence-electron chi connectivity index (χ0n) is 18.9. The van der Waals surface area contributed by atoms with E-state index in [1.807, 2.05) is 18.2 Å². The van der Waals surface area contributed by atoms with Crippen LogP contribution in [-0.2, 0) is 21.9 Å². The van der Waals surface area contributed by atoms with Crippen LogP contribution in [0, 0.1) is 13.8 Å². The second-order valence-corrected chi connectivity index (χ2v) is 9.38. The van der Waals surface area contributed by atoms with Gasteiger partial charge < -0.3 is 10.2 Å². The van der Waals surface area contributed by atoms with Gasteiger partial charge in [0.1, 0.15) is 6.04 Å². The number of benzene rings is 2. The Balaban J connectivity index is 2.06. The van der Waals surface area contributed by atoms with Crippen LogP contribution >= 0.6 is 23.4 Å². The Morgan fingerprint density at radius 2 is 1.81 bits per heavy atom. The number of halogens is 1. The molecule has 2 aromatic carbocycles. The zero-order valence-corrected chi connectivity index (χ0v) is 20.5. The van der Waals surface area contributed by atoms with Gasteiger partial charge in [-0.3, -0.25) is 9.59 Å². The molecule has 1 atom stereocenters. The largest absolute Gasteiger partial charge is 0.354 e. The molecule has 0 unspecified atom stereocenters. The molecule has 31 heavy (non-hydrogen) atoms. The maximum absolute atomic E-state index is 13.1. The highest BCUT2D eigenvalue weighted by molar-refractivity contribution is 7.99. The molecule has 0 fully saturated rings. The summed E-state index contributed by atoms with van der Waals surface area (Å²) in [4.78, 5) is 27.4. The smallest absolute Gasteiger partial charge is 0.242 e. The van der Waals surface area contributed by atoms with Crippen LogP contribution in [0.5, 0.6) is 0 Å². The number of unbranched alkanes of at least 4 members (excludes halogenated alkanes) is 1. The summed E-state index contributed by atoms with van der Waals surface area (Å²) in [6, 6.07) is 13.3. The highest BCUT2D eigenvalue weighted by Gasteiger charge is 2.25. The van der Waals surface area contributed by atoms with Crippen molar-refractivity contribution in [2.24, 2.45) is 0 Å². The molecule has 2 rings (SSSR count). The Morgan fingerprint density at radius 1 is 1.10 bits per heavy atom. The van der Waals surface area contributed by atoms with Crippen molar-refractivity contribution in [1.29, 1.82) is 0 Å². The molecule has 168 valence electrons. The average Bonchev–Trinajstić information content (AvgIpc) is 2.71. The van der Waals surface area contributed by atoms with Crippen molar-refractivity contribution in [1.82, 2.24) is 10.2 Å². The maximum Gasteiger partial charge on any atom is 0.242 e. The van der Waals surface area contributed by atoms with Gasteiger partial charge >= 0.3 is 0 Å². The van der Waals surface area contributed by atoms with E-state index in [-0.39, 0.29) is 11.8 Å². The van der Waals surface area contributed by atoms with Crippen LogP contribution in [0.3, 0.4) is 0 Å². The lowest BCUT2D eigenvalue weighted by molar-refractivity contribution is -0.138. The molecule has 4 nitrogen and oxygen atoms in total. The highest BCUT2D eigenvalue weighted by Crippen LogP contribution is 2.19. The van der Waals surface area contributed by atoms with Gasteiger partial charge in [0.15, 0.2) is 0 Å². The average molecular weight is 461 g/mol. The Labute approximate surface area is 195 Å². The molecule has 0 radical (unpaired) electrons. The molecule has 0 saturated heterocycles. The lowest BCUT2D eigenvalue weighted by Crippen LogP contribution is -2.48. The van der Waals surface area contributed by atoms with Crippen LogP contribution in [0.15, 0.2) is 42.5 Å². The van der Waals surface area contributed by atoms with Crippen LogP contribution in [-0.4, -0.2) is 35.1 Å². The van der Waals surface area contributed by atoms with Crippen molar-refractivity contribution in [2.45, 2.75) is 58.9 Å². The van der Waals surface area contributed by atoms with Crippen LogP contribution in [0.2, 0.25) is 5.02 Å². The number of nitrogens with zero attached hydrogens (tertiary/aromatic N) is 1. The van der Waals surface area contributed by atoms with Gasteiger partial charge in [-0.2, -0.15) is 0 Å². The number of rotatable bonds is 11. The monoisotopic (exact) mass is 460 g/mol. The molecule has 2 amide bonds. The number of carbonyl (C=O) groups is 2. The summed E-state index contributed by atoms with van der Waals surface area (Å²) in [5.74, 6) is 0.909. The van der Waals surface area contributed by atoms with Crippen LogP contribution in [0.4, 0.5) is 0 Å². The van der Waals surface area contributed by atoms with Crippen molar-refractivity contribution < 1.29 is 9.59 Å². The first-order valence-corrected chi connectivity index (χ1v) is 12.3. The fourth-order valence-corrected chi connectivity index (χ4v) is 4.50. The van der Waals surface area contributed by atoms with Gasteiger partial charge in [-0.1, -0.05) is 66.4 Å². The number of amides is 2. The molecule has 2 aromatic rings. The molecule has 0 heterocycles. The van der Waals surface area contributed by atoms with Crippen molar-refractivity contribution >= 4 is 35.2 Å². The molecule has 0 aliphatic carbocycles. The number of hydrogen-bond donors (Lipinski definition) is 1. The van der Waals surface area contributed by atoms with Crippen molar-refractivity contribution in [3.05, 3.63) is 69.7 Å². The predicted molar refractivity (Wildman–Crippen MR) is 131 cm³/mol. The lowest BCUT2D eigenvalue weighted by Gasteiger charge is -2.29. The second kappa shape index (κ2) is 12.8. The molecule has 1 N–H and O–H groups in total. The first kappa shape index (κ1) is 25.3. The number of aryl methyl sites for hydroxylation is 2. The van der Waals surface area contributed by atoms with Gasteiger partial charge in [0.25, 0.3) is 0 Å². The van der Waals surface area contributed by atoms with Gasteiger partial charge in [0, 0.05) is 23.9 Å². The first-order valence-electron chi connectivity index (χ1n) is 10.8. The Morgan fingerprint density at radius 3 is 2.45 bits per heavy atom. The standard InChI is InChI=1S/C25H33ClN2O2S/c1-5-6-10-27-25(30)20(4)28(15-21-8-7-9-23(26)14-21)24(29)17-31-16-22-12-18(2)11-19(3)13-22/h7-9,11-14,20H,5-6,10,15-17H2,1-4H3,(H,27,30)/t20-/m1/s1. The van der Waals surface area contributed by atoms with E-state index in [4.69, 9.17) is 11.6 Å². The normalized spacial score (nSPS) is 11.8. The fourth-order valence-electron chi connectivity index (χ4n) is 3.44. The maximum atomic E-state index is 13.1. The van der Waals surface area contributed by atoms with Crippen LogP contribution < -0.4 is 5.32 Å². The molecular formula is C25H33ClN2O2S. The minimum absolute atomic E-state index is 0.0486. The summed E-state index contributed by atoms with van der Waals surface area (Å²) in [5.41, 5.74) is 4.57. The Bertz CT molecular complexity index is 867. The minimum atomic E-state index is -0.551. The van der Waals surface area contributed by atoms with Gasteiger partial charge in [-0.25, -0.2) is 0 Å². The van der Waals surface area contributed by atoms with Gasteiger partial charge in [-0.15, -0.1) is 11.8 Å². The number of carbonyl (C=O) groups excluding carboxylic acids is 2.